The van der Waals surface area contributed by atoms with Crippen LogP contribution in [0, 0.1) is 10.1 Å². The van der Waals surface area contributed by atoms with Crippen molar-refractivity contribution in [3.63, 3.8) is 0 Å². The number of nitrogens with zero attached hydrogens (tertiary/aromatic N) is 1. The van der Waals surface area contributed by atoms with Gasteiger partial charge in [0.05, 0.1) is 21.5 Å². The Hall–Kier alpha value is -1.73. The van der Waals surface area contributed by atoms with Crippen LogP contribution >= 0.6 is 15.9 Å². The normalized spacial score (nSPS) is 12.1. The predicted octanol–water partition coefficient (Wildman–Crippen LogP) is 3.25. The third kappa shape index (κ3) is 3.64. The predicted molar refractivity (Wildman–Crippen MR) is 81.8 cm³/mol. The van der Waals surface area contributed by atoms with Gasteiger partial charge in [0.15, 0.2) is 0 Å². The zero-order valence-electron chi connectivity index (χ0n) is 10.3. The summed E-state index contributed by atoms with van der Waals surface area (Å²) >= 11 is 3.33. The first-order chi connectivity index (χ1) is 9.45. The van der Waals surface area contributed by atoms with Crippen molar-refractivity contribution in [2.75, 3.05) is 5.73 Å². The molecular formula is C13H11BrN2O3S. The highest BCUT2D eigenvalue weighted by atomic mass is 79.9. The van der Waals surface area contributed by atoms with E-state index in [1.807, 2.05) is 6.07 Å². The largest absolute Gasteiger partial charge is 0.399 e. The summed E-state index contributed by atoms with van der Waals surface area (Å²) in [6.45, 7) is 0. The van der Waals surface area contributed by atoms with Crippen molar-refractivity contribution in [2.24, 2.45) is 0 Å². The zero-order valence-corrected chi connectivity index (χ0v) is 12.7. The molecule has 20 heavy (non-hydrogen) atoms. The van der Waals surface area contributed by atoms with Crippen LogP contribution in [0.15, 0.2) is 51.8 Å². The van der Waals surface area contributed by atoms with Gasteiger partial charge in [-0.1, -0.05) is 15.9 Å². The summed E-state index contributed by atoms with van der Waals surface area (Å²) in [6, 6.07) is 11.1. The molecule has 0 amide bonds. The summed E-state index contributed by atoms with van der Waals surface area (Å²) in [4.78, 5) is 10.6. The Bertz CT molecular complexity index is 654. The molecule has 1 atom stereocenters. The molecule has 0 bridgehead atoms. The van der Waals surface area contributed by atoms with Crippen LogP contribution in [0.5, 0.6) is 0 Å². The number of nitro groups is 1. The van der Waals surface area contributed by atoms with Crippen molar-refractivity contribution >= 4 is 38.1 Å². The Kier molecular flexibility index (Phi) is 4.51. The van der Waals surface area contributed by atoms with Gasteiger partial charge in [-0.25, -0.2) is 0 Å². The van der Waals surface area contributed by atoms with Gasteiger partial charge in [-0.2, -0.15) is 0 Å². The first-order valence-corrected chi connectivity index (χ1v) is 7.74. The van der Waals surface area contributed by atoms with Crippen LogP contribution in [0.4, 0.5) is 11.4 Å². The van der Waals surface area contributed by atoms with Crippen molar-refractivity contribution in [1.29, 1.82) is 0 Å². The summed E-state index contributed by atoms with van der Waals surface area (Å²) < 4.78 is 13.0. The molecule has 5 nitrogen and oxygen atoms in total. The Balaban J connectivity index is 2.17. The van der Waals surface area contributed by atoms with Crippen LogP contribution in [-0.4, -0.2) is 9.13 Å². The number of non-ortho nitro benzene ring substituents is 1. The molecule has 0 aliphatic carbocycles. The van der Waals surface area contributed by atoms with Crippen molar-refractivity contribution in [2.45, 2.75) is 10.6 Å². The first-order valence-electron chi connectivity index (χ1n) is 5.63. The molecule has 1 unspecified atom stereocenters. The fourth-order valence-corrected chi connectivity index (χ4v) is 3.35. The average molecular weight is 355 g/mol. The van der Waals surface area contributed by atoms with E-state index in [0.29, 0.717) is 16.3 Å². The molecule has 2 aromatic rings. The molecule has 104 valence electrons. The standard InChI is InChI=1S/C13H11BrN2O3S/c14-10-5-9(6-11(15)7-10)8-20(19)13-3-1-12(2-4-13)16(17)18/h1-7H,8,15H2. The Morgan fingerprint density at radius 2 is 1.85 bits per heavy atom. The third-order valence-electron chi connectivity index (χ3n) is 2.59. The molecular weight excluding hydrogens is 344 g/mol. The Morgan fingerprint density at radius 3 is 2.40 bits per heavy atom. The minimum Gasteiger partial charge on any atom is -0.399 e. The van der Waals surface area contributed by atoms with E-state index >= 15 is 0 Å². The number of rotatable bonds is 4. The lowest BCUT2D eigenvalue weighted by molar-refractivity contribution is -0.384. The van der Waals surface area contributed by atoms with Crippen molar-refractivity contribution in [3.8, 4) is 0 Å². The second-order valence-electron chi connectivity index (χ2n) is 4.13. The van der Waals surface area contributed by atoms with E-state index in [2.05, 4.69) is 15.9 Å². The SMILES string of the molecule is Nc1cc(Br)cc(CS(=O)c2ccc([N+](=O)[O-])cc2)c1. The fourth-order valence-electron chi connectivity index (χ4n) is 1.71. The molecule has 2 N–H and O–H groups in total. The summed E-state index contributed by atoms with van der Waals surface area (Å²) in [5.74, 6) is 0.307. The van der Waals surface area contributed by atoms with Crippen molar-refractivity contribution in [3.05, 3.63) is 62.6 Å². The van der Waals surface area contributed by atoms with Gasteiger partial charge < -0.3 is 5.73 Å². The van der Waals surface area contributed by atoms with Crippen LogP contribution in [0.25, 0.3) is 0 Å². The molecule has 0 radical (unpaired) electrons. The maximum atomic E-state index is 12.2. The van der Waals surface area contributed by atoms with Gasteiger partial charge in [0, 0.05) is 27.2 Å². The molecule has 0 saturated carbocycles. The number of nitrogen functional groups attached to an aromatic ring is 1. The fraction of sp³-hybridized carbons (Fsp3) is 0.0769. The number of hydrogen-bond donors (Lipinski definition) is 1. The summed E-state index contributed by atoms with van der Waals surface area (Å²) in [5, 5.41) is 10.6. The molecule has 0 aromatic heterocycles. The first kappa shape index (κ1) is 14.7. The van der Waals surface area contributed by atoms with E-state index in [4.69, 9.17) is 5.73 Å². The molecule has 0 spiro atoms. The minimum absolute atomic E-state index is 0.0162. The Morgan fingerprint density at radius 1 is 1.20 bits per heavy atom. The molecule has 0 aliphatic heterocycles. The molecule has 2 rings (SSSR count). The number of nitro benzene ring substituents is 1. The number of nitrogens with two attached hydrogens (primary N) is 1. The van der Waals surface area contributed by atoms with Crippen LogP contribution in [0.1, 0.15) is 5.56 Å². The monoisotopic (exact) mass is 354 g/mol. The molecule has 0 heterocycles. The summed E-state index contributed by atoms with van der Waals surface area (Å²) in [7, 11) is -1.27. The summed E-state index contributed by atoms with van der Waals surface area (Å²) in [6.07, 6.45) is 0. The lowest BCUT2D eigenvalue weighted by Crippen LogP contribution is -1.98. The second-order valence-corrected chi connectivity index (χ2v) is 6.50. The highest BCUT2D eigenvalue weighted by molar-refractivity contribution is 9.10. The molecule has 0 saturated heterocycles. The second kappa shape index (κ2) is 6.15. The van der Waals surface area contributed by atoms with Gasteiger partial charge >= 0.3 is 0 Å². The smallest absolute Gasteiger partial charge is 0.269 e. The van der Waals surface area contributed by atoms with E-state index in [1.54, 1.807) is 12.1 Å². The van der Waals surface area contributed by atoms with E-state index in [9.17, 15) is 14.3 Å². The minimum atomic E-state index is -1.27. The zero-order chi connectivity index (χ0) is 14.7. The molecule has 0 fully saturated rings. The molecule has 7 heteroatoms. The van der Waals surface area contributed by atoms with Crippen LogP contribution in [0.3, 0.4) is 0 Å². The highest BCUT2D eigenvalue weighted by Gasteiger charge is 2.09. The molecule has 0 aliphatic rings. The van der Waals surface area contributed by atoms with Crippen molar-refractivity contribution in [1.82, 2.24) is 0 Å². The van der Waals surface area contributed by atoms with Gasteiger partial charge in [0.1, 0.15) is 0 Å². The lowest BCUT2D eigenvalue weighted by Gasteiger charge is -2.05. The van der Waals surface area contributed by atoms with Gasteiger partial charge in [0.25, 0.3) is 5.69 Å². The highest BCUT2D eigenvalue weighted by Crippen LogP contribution is 2.21. The average Bonchev–Trinajstić information content (AvgIpc) is 2.37. The van der Waals surface area contributed by atoms with E-state index in [-0.39, 0.29) is 5.69 Å². The third-order valence-corrected chi connectivity index (χ3v) is 4.44. The van der Waals surface area contributed by atoms with Gasteiger partial charge in [0.2, 0.25) is 0 Å². The van der Waals surface area contributed by atoms with E-state index in [1.165, 1.54) is 24.3 Å². The van der Waals surface area contributed by atoms with Gasteiger partial charge in [-0.15, -0.1) is 0 Å². The summed E-state index contributed by atoms with van der Waals surface area (Å²) in [5.41, 5.74) is 7.14. The van der Waals surface area contributed by atoms with Crippen LogP contribution in [0.2, 0.25) is 0 Å². The van der Waals surface area contributed by atoms with Gasteiger partial charge in [-0.3, -0.25) is 14.3 Å². The molecule has 2 aromatic carbocycles. The number of halogens is 1. The topological polar surface area (TPSA) is 86.2 Å². The quantitative estimate of drug-likeness (QED) is 0.518. The number of benzene rings is 2. The van der Waals surface area contributed by atoms with Crippen LogP contribution < -0.4 is 5.73 Å². The number of anilines is 1. The van der Waals surface area contributed by atoms with Crippen molar-refractivity contribution < 1.29 is 9.13 Å². The van der Waals surface area contributed by atoms with E-state index in [0.717, 1.165) is 10.0 Å². The maximum absolute atomic E-state index is 12.2. The lowest BCUT2D eigenvalue weighted by atomic mass is 10.2. The maximum Gasteiger partial charge on any atom is 0.269 e. The Labute approximate surface area is 126 Å². The number of hydrogen-bond acceptors (Lipinski definition) is 4. The van der Waals surface area contributed by atoms with Crippen LogP contribution in [-0.2, 0) is 16.6 Å². The van der Waals surface area contributed by atoms with E-state index < -0.39 is 15.7 Å². The van der Waals surface area contributed by atoms with Gasteiger partial charge in [-0.05, 0) is 35.9 Å².